The van der Waals surface area contributed by atoms with Crippen LogP contribution in [-0.2, 0) is 0 Å². The van der Waals surface area contributed by atoms with E-state index in [9.17, 15) is 9.50 Å². The Labute approximate surface area is 110 Å². The van der Waals surface area contributed by atoms with E-state index in [0.717, 1.165) is 13.1 Å². The molecule has 0 spiro atoms. The average molecular weight is 259 g/mol. The summed E-state index contributed by atoms with van der Waals surface area (Å²) >= 11 is 0. The zero-order valence-electron chi connectivity index (χ0n) is 10.3. The number of nitrogens with one attached hydrogen (secondary N) is 1. The van der Waals surface area contributed by atoms with Crippen molar-refractivity contribution in [2.24, 2.45) is 0 Å². The minimum atomic E-state index is -0.883. The van der Waals surface area contributed by atoms with Gasteiger partial charge in [-0.15, -0.1) is 0 Å². The summed E-state index contributed by atoms with van der Waals surface area (Å²) in [5, 5.41) is 10.3. The Hall–Kier alpha value is -2.14. The van der Waals surface area contributed by atoms with Gasteiger partial charge in [-0.05, 0) is 12.1 Å². The van der Waals surface area contributed by atoms with E-state index >= 15 is 0 Å². The fourth-order valence-electron chi connectivity index (χ4n) is 2.27. The molecule has 5 heteroatoms. The maximum atomic E-state index is 13.5. The van der Waals surface area contributed by atoms with Gasteiger partial charge in [0.05, 0.1) is 0 Å². The highest BCUT2D eigenvalue weighted by Crippen LogP contribution is 2.31. The van der Waals surface area contributed by atoms with Gasteiger partial charge in [0.25, 0.3) is 0 Å². The molecule has 0 amide bonds. The molecule has 0 saturated carbocycles. The molecule has 4 nitrogen and oxygen atoms in total. The predicted molar refractivity (Wildman–Crippen MR) is 70.4 cm³/mol. The van der Waals surface area contributed by atoms with Gasteiger partial charge in [0.15, 0.2) is 0 Å². The summed E-state index contributed by atoms with van der Waals surface area (Å²) in [4.78, 5) is 8.93. The van der Waals surface area contributed by atoms with Crippen molar-refractivity contribution < 1.29 is 9.50 Å². The van der Waals surface area contributed by atoms with E-state index in [4.69, 9.17) is 0 Å². The molecule has 1 aromatic heterocycles. The number of rotatable bonds is 3. The lowest BCUT2D eigenvalue weighted by molar-refractivity contribution is 0.211. The molecule has 0 bridgehead atoms. The van der Waals surface area contributed by atoms with Crippen LogP contribution in [0.25, 0.3) is 0 Å². The first-order valence-electron chi connectivity index (χ1n) is 6.12. The standard InChI is InChI=1S/C14H14FN3O/c15-10-3-4-11(13(19)14-16-5-6-17-14)12(9-10)18-7-1-2-8-18/h1-6,9,13,19H,7-8H2,(H,16,17). The normalized spacial score (nSPS) is 16.0. The van der Waals surface area contributed by atoms with Crippen molar-refractivity contribution in [2.75, 3.05) is 18.0 Å². The van der Waals surface area contributed by atoms with Crippen LogP contribution in [-0.4, -0.2) is 28.2 Å². The summed E-state index contributed by atoms with van der Waals surface area (Å²) in [5.74, 6) is 0.150. The third-order valence-corrected chi connectivity index (χ3v) is 3.22. The summed E-state index contributed by atoms with van der Waals surface area (Å²) in [6, 6.07) is 4.42. The topological polar surface area (TPSA) is 52.2 Å². The number of hydrogen-bond donors (Lipinski definition) is 2. The molecule has 1 atom stereocenters. The van der Waals surface area contributed by atoms with Crippen LogP contribution in [0.1, 0.15) is 17.5 Å². The van der Waals surface area contributed by atoms with Crippen LogP contribution in [0.5, 0.6) is 0 Å². The molecule has 2 N–H and O–H groups in total. The number of H-pyrrole nitrogens is 1. The molecule has 3 rings (SSSR count). The minimum absolute atomic E-state index is 0.308. The molecular weight excluding hydrogens is 245 g/mol. The predicted octanol–water partition coefficient (Wildman–Crippen LogP) is 2.01. The van der Waals surface area contributed by atoms with Crippen molar-refractivity contribution in [3.63, 3.8) is 0 Å². The van der Waals surface area contributed by atoms with Gasteiger partial charge in [-0.25, -0.2) is 9.37 Å². The van der Waals surface area contributed by atoms with Crippen LogP contribution >= 0.6 is 0 Å². The van der Waals surface area contributed by atoms with Gasteiger partial charge < -0.3 is 15.0 Å². The third-order valence-electron chi connectivity index (χ3n) is 3.22. The number of aliphatic hydroxyl groups is 1. The highest BCUT2D eigenvalue weighted by atomic mass is 19.1. The number of hydrogen-bond acceptors (Lipinski definition) is 3. The van der Waals surface area contributed by atoms with E-state index in [2.05, 4.69) is 9.97 Å². The molecule has 1 aromatic carbocycles. The Kier molecular flexibility index (Phi) is 3.05. The minimum Gasteiger partial charge on any atom is -0.380 e. The summed E-state index contributed by atoms with van der Waals surface area (Å²) < 4.78 is 13.5. The average Bonchev–Trinajstić information content (AvgIpc) is 3.11. The number of aliphatic hydroxyl groups excluding tert-OH is 1. The molecule has 1 aliphatic rings. The molecule has 0 radical (unpaired) electrons. The fraction of sp³-hybridized carbons (Fsp3) is 0.214. The SMILES string of the molecule is OC(c1ncc[nH]1)c1ccc(F)cc1N1CC=CC1. The first-order valence-corrected chi connectivity index (χ1v) is 6.12. The van der Waals surface area contributed by atoms with Crippen molar-refractivity contribution in [2.45, 2.75) is 6.10 Å². The lowest BCUT2D eigenvalue weighted by Gasteiger charge is -2.23. The van der Waals surface area contributed by atoms with Crippen molar-refractivity contribution in [1.29, 1.82) is 0 Å². The lowest BCUT2D eigenvalue weighted by atomic mass is 10.1. The zero-order valence-corrected chi connectivity index (χ0v) is 10.3. The van der Waals surface area contributed by atoms with Gasteiger partial charge in [0, 0.05) is 36.7 Å². The maximum Gasteiger partial charge on any atom is 0.139 e. The van der Waals surface area contributed by atoms with Crippen LogP contribution in [0.2, 0.25) is 0 Å². The molecule has 98 valence electrons. The van der Waals surface area contributed by atoms with Gasteiger partial charge in [0.2, 0.25) is 0 Å². The number of nitrogens with zero attached hydrogens (tertiary/aromatic N) is 2. The van der Waals surface area contributed by atoms with Crippen molar-refractivity contribution in [3.05, 3.63) is 59.9 Å². The van der Waals surface area contributed by atoms with Gasteiger partial charge in [-0.3, -0.25) is 0 Å². The maximum absolute atomic E-state index is 13.5. The van der Waals surface area contributed by atoms with Crippen LogP contribution in [0.4, 0.5) is 10.1 Å². The van der Waals surface area contributed by atoms with Crippen molar-refractivity contribution >= 4 is 5.69 Å². The van der Waals surface area contributed by atoms with Gasteiger partial charge in [-0.1, -0.05) is 18.2 Å². The second-order valence-electron chi connectivity index (χ2n) is 4.46. The zero-order chi connectivity index (χ0) is 13.2. The van der Waals surface area contributed by atoms with E-state index in [0.29, 0.717) is 17.1 Å². The first-order chi connectivity index (χ1) is 9.25. The van der Waals surface area contributed by atoms with Crippen molar-refractivity contribution in [3.8, 4) is 0 Å². The highest BCUT2D eigenvalue weighted by Gasteiger charge is 2.21. The molecular formula is C14H14FN3O. The highest BCUT2D eigenvalue weighted by molar-refractivity contribution is 5.58. The van der Waals surface area contributed by atoms with Crippen LogP contribution < -0.4 is 4.90 Å². The van der Waals surface area contributed by atoms with Gasteiger partial charge in [-0.2, -0.15) is 0 Å². The summed E-state index contributed by atoms with van der Waals surface area (Å²) in [7, 11) is 0. The number of anilines is 1. The van der Waals surface area contributed by atoms with E-state index in [-0.39, 0.29) is 5.82 Å². The molecule has 0 aliphatic carbocycles. The Morgan fingerprint density at radius 1 is 1.32 bits per heavy atom. The number of imidazole rings is 1. The Balaban J connectivity index is 2.00. The molecule has 2 aromatic rings. The Morgan fingerprint density at radius 2 is 2.11 bits per heavy atom. The molecule has 2 heterocycles. The Morgan fingerprint density at radius 3 is 2.79 bits per heavy atom. The van der Waals surface area contributed by atoms with Gasteiger partial charge in [0.1, 0.15) is 17.7 Å². The number of aromatic nitrogens is 2. The summed E-state index contributed by atoms with van der Waals surface area (Å²) in [6.07, 6.45) is 6.39. The second-order valence-corrected chi connectivity index (χ2v) is 4.46. The number of benzene rings is 1. The summed E-state index contributed by atoms with van der Waals surface area (Å²) in [5.41, 5.74) is 1.36. The molecule has 0 fully saturated rings. The monoisotopic (exact) mass is 259 g/mol. The second kappa shape index (κ2) is 4.85. The quantitative estimate of drug-likeness (QED) is 0.829. The van der Waals surface area contributed by atoms with Crippen molar-refractivity contribution in [1.82, 2.24) is 9.97 Å². The Bertz CT molecular complexity index is 587. The first kappa shape index (κ1) is 11.9. The fourth-order valence-corrected chi connectivity index (χ4v) is 2.27. The van der Waals surface area contributed by atoms with E-state index < -0.39 is 6.10 Å². The molecule has 0 saturated heterocycles. The van der Waals surface area contributed by atoms with Gasteiger partial charge >= 0.3 is 0 Å². The summed E-state index contributed by atoms with van der Waals surface area (Å²) in [6.45, 7) is 1.45. The van der Waals surface area contributed by atoms with E-state index in [1.165, 1.54) is 12.1 Å². The number of aromatic amines is 1. The van der Waals surface area contributed by atoms with Crippen LogP contribution in [0.15, 0.2) is 42.7 Å². The molecule has 1 unspecified atom stereocenters. The molecule has 1 aliphatic heterocycles. The molecule has 19 heavy (non-hydrogen) atoms. The smallest absolute Gasteiger partial charge is 0.139 e. The lowest BCUT2D eigenvalue weighted by Crippen LogP contribution is -2.21. The van der Waals surface area contributed by atoms with Crippen LogP contribution in [0, 0.1) is 5.82 Å². The van der Waals surface area contributed by atoms with Crippen LogP contribution in [0.3, 0.4) is 0 Å². The van der Waals surface area contributed by atoms with E-state index in [1.54, 1.807) is 18.5 Å². The third kappa shape index (κ3) is 2.24. The largest absolute Gasteiger partial charge is 0.380 e. The van der Waals surface area contributed by atoms with E-state index in [1.807, 2.05) is 17.1 Å². The number of halogens is 1.